The summed E-state index contributed by atoms with van der Waals surface area (Å²) >= 11 is 5.73. The molecule has 1 aliphatic heterocycles. The number of amides is 1. The number of hydrogen-bond acceptors (Lipinski definition) is 4. The lowest BCUT2D eigenvalue weighted by Gasteiger charge is -2.15. The summed E-state index contributed by atoms with van der Waals surface area (Å²) in [7, 11) is 0. The Kier molecular flexibility index (Phi) is 4.01. The molecule has 0 spiro atoms. The van der Waals surface area contributed by atoms with Crippen molar-refractivity contribution in [1.29, 1.82) is 0 Å². The Labute approximate surface area is 150 Å². The molecule has 0 saturated heterocycles. The van der Waals surface area contributed by atoms with E-state index in [4.69, 9.17) is 16.1 Å². The van der Waals surface area contributed by atoms with Crippen molar-refractivity contribution in [2.24, 2.45) is 0 Å². The molecule has 6 heteroatoms. The van der Waals surface area contributed by atoms with Gasteiger partial charge in [-0.3, -0.25) is 4.79 Å². The molecule has 1 aliphatic rings. The number of nitrogens with zero attached hydrogens (tertiary/aromatic N) is 3. The SMILES string of the molecule is Cc1cc(-c2nc(CCl)no2)cc2c1C(=O)N(Cc1ccccc1)C2. The van der Waals surface area contributed by atoms with Crippen LogP contribution in [0.25, 0.3) is 11.5 Å². The summed E-state index contributed by atoms with van der Waals surface area (Å²) in [6.07, 6.45) is 0. The number of aryl methyl sites for hydroxylation is 1. The highest BCUT2D eigenvalue weighted by molar-refractivity contribution is 6.16. The van der Waals surface area contributed by atoms with Gasteiger partial charge in [0.15, 0.2) is 5.82 Å². The van der Waals surface area contributed by atoms with Crippen LogP contribution >= 0.6 is 11.6 Å². The molecule has 0 aliphatic carbocycles. The van der Waals surface area contributed by atoms with Gasteiger partial charge in [-0.25, -0.2) is 0 Å². The molecule has 0 N–H and O–H groups in total. The van der Waals surface area contributed by atoms with Gasteiger partial charge in [0.2, 0.25) is 0 Å². The molecule has 5 nitrogen and oxygen atoms in total. The predicted molar refractivity (Wildman–Crippen MR) is 94.0 cm³/mol. The monoisotopic (exact) mass is 353 g/mol. The number of halogens is 1. The van der Waals surface area contributed by atoms with Crippen LogP contribution in [-0.2, 0) is 19.0 Å². The van der Waals surface area contributed by atoms with E-state index in [1.54, 1.807) is 0 Å². The van der Waals surface area contributed by atoms with Gasteiger partial charge in [-0.1, -0.05) is 35.5 Å². The van der Waals surface area contributed by atoms with Crippen LogP contribution in [0, 0.1) is 6.92 Å². The maximum absolute atomic E-state index is 12.8. The maximum Gasteiger partial charge on any atom is 0.257 e. The van der Waals surface area contributed by atoms with Crippen molar-refractivity contribution in [2.45, 2.75) is 25.9 Å². The van der Waals surface area contributed by atoms with Crippen LogP contribution in [0.4, 0.5) is 0 Å². The molecular weight excluding hydrogens is 338 g/mol. The number of alkyl halides is 1. The number of hydrogen-bond donors (Lipinski definition) is 0. The summed E-state index contributed by atoms with van der Waals surface area (Å²) in [6.45, 7) is 3.11. The van der Waals surface area contributed by atoms with Crippen molar-refractivity contribution < 1.29 is 9.32 Å². The molecule has 4 rings (SSSR count). The third-order valence-electron chi connectivity index (χ3n) is 4.33. The minimum Gasteiger partial charge on any atom is -0.334 e. The lowest BCUT2D eigenvalue weighted by molar-refractivity contribution is 0.0766. The molecule has 2 aromatic carbocycles. The third-order valence-corrected chi connectivity index (χ3v) is 4.57. The van der Waals surface area contributed by atoms with E-state index < -0.39 is 0 Å². The fourth-order valence-electron chi connectivity index (χ4n) is 3.21. The van der Waals surface area contributed by atoms with E-state index >= 15 is 0 Å². The van der Waals surface area contributed by atoms with Gasteiger partial charge in [0.1, 0.15) is 0 Å². The molecular formula is C19H16ClN3O2. The maximum atomic E-state index is 12.8. The second-order valence-electron chi connectivity index (χ2n) is 6.12. The smallest absolute Gasteiger partial charge is 0.257 e. The summed E-state index contributed by atoms with van der Waals surface area (Å²) in [6, 6.07) is 13.9. The van der Waals surface area contributed by atoms with Crippen LogP contribution < -0.4 is 0 Å². The van der Waals surface area contributed by atoms with Crippen LogP contribution in [-0.4, -0.2) is 20.9 Å². The molecule has 1 amide bonds. The Bertz CT molecular complexity index is 937. The van der Waals surface area contributed by atoms with Crippen molar-refractivity contribution in [3.05, 3.63) is 70.5 Å². The molecule has 0 saturated carbocycles. The second kappa shape index (κ2) is 6.33. The molecule has 0 bridgehead atoms. The van der Waals surface area contributed by atoms with Crippen molar-refractivity contribution >= 4 is 17.5 Å². The fourth-order valence-corrected chi connectivity index (χ4v) is 3.32. The van der Waals surface area contributed by atoms with Gasteiger partial charge >= 0.3 is 0 Å². The molecule has 25 heavy (non-hydrogen) atoms. The van der Waals surface area contributed by atoms with E-state index in [-0.39, 0.29) is 11.8 Å². The molecule has 0 fully saturated rings. The molecule has 126 valence electrons. The van der Waals surface area contributed by atoms with Crippen molar-refractivity contribution in [3.8, 4) is 11.5 Å². The first kappa shape index (κ1) is 15.8. The van der Waals surface area contributed by atoms with E-state index in [1.165, 1.54) is 0 Å². The Morgan fingerprint density at radius 3 is 2.76 bits per heavy atom. The van der Waals surface area contributed by atoms with E-state index in [0.717, 1.165) is 27.8 Å². The van der Waals surface area contributed by atoms with Gasteiger partial charge in [-0.05, 0) is 35.7 Å². The highest BCUT2D eigenvalue weighted by atomic mass is 35.5. The summed E-state index contributed by atoms with van der Waals surface area (Å²) in [5, 5.41) is 3.82. The molecule has 0 unspecified atom stereocenters. The Morgan fingerprint density at radius 2 is 2.04 bits per heavy atom. The van der Waals surface area contributed by atoms with Crippen LogP contribution in [0.15, 0.2) is 47.0 Å². The highest BCUT2D eigenvalue weighted by Gasteiger charge is 2.30. The zero-order chi connectivity index (χ0) is 17.4. The van der Waals surface area contributed by atoms with E-state index in [0.29, 0.717) is 24.8 Å². The first-order valence-electron chi connectivity index (χ1n) is 8.01. The molecule has 0 atom stereocenters. The van der Waals surface area contributed by atoms with Gasteiger partial charge in [-0.2, -0.15) is 4.98 Å². The van der Waals surface area contributed by atoms with Gasteiger partial charge in [0, 0.05) is 24.2 Å². The third kappa shape index (κ3) is 2.91. The molecule has 3 aromatic rings. The first-order chi connectivity index (χ1) is 12.2. The lowest BCUT2D eigenvalue weighted by atomic mass is 10.0. The average Bonchev–Trinajstić information content (AvgIpc) is 3.21. The highest BCUT2D eigenvalue weighted by Crippen LogP contribution is 2.31. The number of benzene rings is 2. The molecule has 1 aromatic heterocycles. The zero-order valence-corrected chi connectivity index (χ0v) is 14.5. The van der Waals surface area contributed by atoms with Crippen LogP contribution in [0.3, 0.4) is 0 Å². The topological polar surface area (TPSA) is 59.2 Å². The molecule has 2 heterocycles. The number of fused-ring (bicyclic) bond motifs is 1. The summed E-state index contributed by atoms with van der Waals surface area (Å²) < 4.78 is 5.26. The first-order valence-corrected chi connectivity index (χ1v) is 8.55. The molecule has 0 radical (unpaired) electrons. The Balaban J connectivity index is 1.65. The van der Waals surface area contributed by atoms with Crippen LogP contribution in [0.5, 0.6) is 0 Å². The minimum atomic E-state index is 0.0647. The van der Waals surface area contributed by atoms with Crippen molar-refractivity contribution in [3.63, 3.8) is 0 Å². The fraction of sp³-hybridized carbons (Fsp3) is 0.211. The summed E-state index contributed by atoms with van der Waals surface area (Å²) in [5.41, 5.74) is 4.61. The second-order valence-corrected chi connectivity index (χ2v) is 6.39. The van der Waals surface area contributed by atoms with E-state index in [9.17, 15) is 4.79 Å². The van der Waals surface area contributed by atoms with Gasteiger partial charge in [0.05, 0.1) is 5.88 Å². The lowest BCUT2D eigenvalue weighted by Crippen LogP contribution is -2.23. The van der Waals surface area contributed by atoms with Crippen LogP contribution in [0.1, 0.15) is 32.9 Å². The number of aromatic nitrogens is 2. The Hall–Kier alpha value is -2.66. The summed E-state index contributed by atoms with van der Waals surface area (Å²) in [5.74, 6) is 1.15. The van der Waals surface area contributed by atoms with Gasteiger partial charge < -0.3 is 9.42 Å². The largest absolute Gasteiger partial charge is 0.334 e. The van der Waals surface area contributed by atoms with Crippen LogP contribution in [0.2, 0.25) is 0 Å². The van der Waals surface area contributed by atoms with E-state index in [1.807, 2.05) is 54.3 Å². The van der Waals surface area contributed by atoms with Gasteiger partial charge in [0.25, 0.3) is 11.8 Å². The van der Waals surface area contributed by atoms with Crippen molar-refractivity contribution in [1.82, 2.24) is 15.0 Å². The normalized spacial score (nSPS) is 13.4. The summed E-state index contributed by atoms with van der Waals surface area (Å²) in [4.78, 5) is 18.9. The van der Waals surface area contributed by atoms with Gasteiger partial charge in [-0.15, -0.1) is 11.6 Å². The quantitative estimate of drug-likeness (QED) is 0.666. The predicted octanol–water partition coefficient (Wildman–Crippen LogP) is 3.94. The minimum absolute atomic E-state index is 0.0647. The zero-order valence-electron chi connectivity index (χ0n) is 13.7. The van der Waals surface area contributed by atoms with E-state index in [2.05, 4.69) is 10.1 Å². The number of rotatable bonds is 4. The number of carbonyl (C=O) groups excluding carboxylic acids is 1. The number of carbonyl (C=O) groups is 1. The average molecular weight is 354 g/mol. The van der Waals surface area contributed by atoms with Crippen molar-refractivity contribution in [2.75, 3.05) is 0 Å². The Morgan fingerprint density at radius 1 is 1.24 bits per heavy atom. The standard InChI is InChI=1S/C19H16ClN3O2/c1-12-7-14(18-21-16(9-20)22-25-18)8-15-11-23(19(24)17(12)15)10-13-5-3-2-4-6-13/h2-8H,9-11H2,1H3.